The van der Waals surface area contributed by atoms with Crippen molar-refractivity contribution in [3.8, 4) is 5.88 Å². The second-order valence-corrected chi connectivity index (χ2v) is 8.74. The number of ether oxygens (including phenoxy) is 4. The van der Waals surface area contributed by atoms with Crippen LogP contribution in [0.1, 0.15) is 24.5 Å². The Kier molecular flexibility index (Phi) is 7.35. The van der Waals surface area contributed by atoms with Gasteiger partial charge in [0.1, 0.15) is 18.5 Å². The minimum atomic E-state index is -1.01. The van der Waals surface area contributed by atoms with Crippen LogP contribution >= 0.6 is 0 Å². The summed E-state index contributed by atoms with van der Waals surface area (Å²) in [7, 11) is 1.50. The van der Waals surface area contributed by atoms with E-state index in [0.717, 1.165) is 18.4 Å². The van der Waals surface area contributed by atoms with E-state index in [1.165, 1.54) is 30.7 Å². The molecule has 11 heteroatoms. The number of rotatable bonds is 9. The molecule has 1 aromatic heterocycles. The maximum atomic E-state index is 12.5. The Morgan fingerprint density at radius 3 is 2.97 bits per heavy atom. The highest BCUT2D eigenvalue weighted by Gasteiger charge is 2.39. The first kappa shape index (κ1) is 24.8. The summed E-state index contributed by atoms with van der Waals surface area (Å²) in [6, 6.07) is 5.35. The highest BCUT2D eigenvalue weighted by molar-refractivity contribution is 5.78. The number of nitrogens with one attached hydrogen (secondary N) is 1. The SMILES string of the molecule is COc1cnc2cccc(C(O)CNCC(O)[C@@H]3CN(C4=COC=C(C5=CC=CCC5)O4)C(=O)O3)c2n1. The molecule has 3 aliphatic rings. The molecule has 3 heterocycles. The number of fused-ring (bicyclic) bond motifs is 1. The van der Waals surface area contributed by atoms with E-state index in [1.807, 2.05) is 12.2 Å². The lowest BCUT2D eigenvalue weighted by Gasteiger charge is -2.23. The molecule has 0 bridgehead atoms. The number of hydrogen-bond acceptors (Lipinski definition) is 10. The van der Waals surface area contributed by atoms with Crippen LogP contribution in [0.2, 0.25) is 0 Å². The summed E-state index contributed by atoms with van der Waals surface area (Å²) < 4.78 is 21.8. The minimum Gasteiger partial charge on any atom is -0.480 e. The van der Waals surface area contributed by atoms with Gasteiger partial charge in [0.25, 0.3) is 0 Å². The highest BCUT2D eigenvalue weighted by Crippen LogP contribution is 2.30. The smallest absolute Gasteiger partial charge is 0.417 e. The van der Waals surface area contributed by atoms with Gasteiger partial charge in [-0.05, 0) is 24.5 Å². The lowest BCUT2D eigenvalue weighted by molar-refractivity contribution is 0.0312. The molecule has 2 aliphatic heterocycles. The summed E-state index contributed by atoms with van der Waals surface area (Å²) in [5.74, 6) is 1.08. The fourth-order valence-electron chi connectivity index (χ4n) is 4.26. The van der Waals surface area contributed by atoms with Crippen molar-refractivity contribution >= 4 is 17.1 Å². The number of aromatic nitrogens is 2. The van der Waals surface area contributed by atoms with Gasteiger partial charge in [0.05, 0.1) is 37.0 Å². The third-order valence-corrected chi connectivity index (χ3v) is 6.26. The third kappa shape index (κ3) is 5.43. The molecule has 1 fully saturated rings. The van der Waals surface area contributed by atoms with Gasteiger partial charge in [-0.1, -0.05) is 30.4 Å². The number of carbonyl (C=O) groups excluding carboxylic acids is 1. The molecule has 0 spiro atoms. The fraction of sp³-hybridized carbons (Fsp3) is 0.346. The van der Waals surface area contributed by atoms with Gasteiger partial charge in [-0.25, -0.2) is 19.7 Å². The topological polar surface area (TPSA) is 136 Å². The van der Waals surface area contributed by atoms with E-state index in [1.54, 1.807) is 18.2 Å². The van der Waals surface area contributed by atoms with Gasteiger partial charge in [-0.15, -0.1) is 0 Å². The van der Waals surface area contributed by atoms with E-state index in [9.17, 15) is 15.0 Å². The zero-order valence-electron chi connectivity index (χ0n) is 20.2. The van der Waals surface area contributed by atoms with E-state index in [4.69, 9.17) is 18.9 Å². The van der Waals surface area contributed by atoms with Crippen LogP contribution in [0.15, 0.2) is 72.4 Å². The molecule has 0 saturated carbocycles. The molecule has 1 aromatic carbocycles. The van der Waals surface area contributed by atoms with E-state index < -0.39 is 24.4 Å². The largest absolute Gasteiger partial charge is 0.480 e. The average molecular weight is 509 g/mol. The van der Waals surface area contributed by atoms with Crippen molar-refractivity contribution in [2.45, 2.75) is 31.2 Å². The lowest BCUT2D eigenvalue weighted by Crippen LogP contribution is -2.40. The van der Waals surface area contributed by atoms with Crippen LogP contribution in [0.4, 0.5) is 4.79 Å². The van der Waals surface area contributed by atoms with E-state index in [0.29, 0.717) is 28.2 Å². The molecule has 194 valence electrons. The van der Waals surface area contributed by atoms with Crippen molar-refractivity contribution in [3.63, 3.8) is 0 Å². The molecular weight excluding hydrogens is 480 g/mol. The van der Waals surface area contributed by atoms with Gasteiger partial charge in [-0.3, -0.25) is 0 Å². The number of para-hydroxylation sites is 1. The first-order valence-corrected chi connectivity index (χ1v) is 12.0. The number of allylic oxidation sites excluding steroid dienone is 4. The van der Waals surface area contributed by atoms with Gasteiger partial charge in [-0.2, -0.15) is 0 Å². The van der Waals surface area contributed by atoms with Crippen molar-refractivity contribution in [2.75, 3.05) is 26.7 Å². The number of methoxy groups -OCH3 is 1. The number of carbonyl (C=O) groups is 1. The first-order valence-electron chi connectivity index (χ1n) is 12.0. The Balaban J connectivity index is 1.15. The standard InChI is InChI=1S/C26H28N4O7/c1-34-23-12-28-18-9-5-8-17(25(18)29-23)19(31)10-27-11-20(32)21-13-30(26(33)37-21)24-15-35-14-22(36-24)16-6-3-2-4-7-16/h2-3,5-6,8-9,12,14-15,19-21,27,31-32H,4,7,10-11,13H2,1H3/t19?,20?,21-/m0/s1. The zero-order valence-corrected chi connectivity index (χ0v) is 20.2. The molecule has 2 aromatic rings. The minimum absolute atomic E-state index is 0.0867. The Morgan fingerprint density at radius 2 is 2.16 bits per heavy atom. The van der Waals surface area contributed by atoms with Crippen LogP contribution in [0.3, 0.4) is 0 Å². The van der Waals surface area contributed by atoms with Crippen molar-refractivity contribution in [1.82, 2.24) is 20.2 Å². The summed E-state index contributed by atoms with van der Waals surface area (Å²) >= 11 is 0. The monoisotopic (exact) mass is 508 g/mol. The maximum absolute atomic E-state index is 12.5. The summed E-state index contributed by atoms with van der Waals surface area (Å²) in [6.07, 6.45) is 8.65. The molecule has 37 heavy (non-hydrogen) atoms. The molecule has 0 radical (unpaired) electrons. The number of amides is 1. The van der Waals surface area contributed by atoms with Crippen molar-refractivity contribution in [3.05, 3.63) is 77.9 Å². The summed E-state index contributed by atoms with van der Waals surface area (Å²) in [5, 5.41) is 24.4. The van der Waals surface area contributed by atoms with Crippen LogP contribution in [0.25, 0.3) is 11.0 Å². The van der Waals surface area contributed by atoms with Gasteiger partial charge in [0, 0.05) is 18.7 Å². The molecular formula is C26H28N4O7. The Bertz CT molecular complexity index is 1290. The van der Waals surface area contributed by atoms with Gasteiger partial charge < -0.3 is 34.5 Å². The number of hydrogen-bond donors (Lipinski definition) is 3. The quantitative estimate of drug-likeness (QED) is 0.463. The summed E-state index contributed by atoms with van der Waals surface area (Å²) in [5.41, 5.74) is 2.72. The second-order valence-electron chi connectivity index (χ2n) is 8.74. The number of cyclic esters (lactones) is 1. The summed E-state index contributed by atoms with van der Waals surface area (Å²) in [6.45, 7) is 0.313. The maximum Gasteiger partial charge on any atom is 0.417 e. The highest BCUT2D eigenvalue weighted by atomic mass is 16.6. The number of nitrogens with zero attached hydrogens (tertiary/aromatic N) is 3. The molecule has 1 amide bonds. The number of benzene rings is 1. The lowest BCUT2D eigenvalue weighted by atomic mass is 10.0. The first-order chi connectivity index (χ1) is 18.0. The molecule has 3 N–H and O–H groups in total. The number of aliphatic hydroxyl groups excluding tert-OH is 2. The van der Waals surface area contributed by atoms with Crippen LogP contribution < -0.4 is 10.1 Å². The Hall–Kier alpha value is -3.93. The van der Waals surface area contributed by atoms with Crippen molar-refractivity contribution < 1.29 is 34.0 Å². The van der Waals surface area contributed by atoms with E-state index >= 15 is 0 Å². The van der Waals surface area contributed by atoms with E-state index in [2.05, 4.69) is 21.4 Å². The zero-order chi connectivity index (χ0) is 25.8. The average Bonchev–Trinajstić information content (AvgIpc) is 3.34. The molecule has 2 unspecified atom stereocenters. The van der Waals surface area contributed by atoms with E-state index in [-0.39, 0.29) is 25.5 Å². The fourth-order valence-corrected chi connectivity index (χ4v) is 4.26. The van der Waals surface area contributed by atoms with Crippen molar-refractivity contribution in [2.24, 2.45) is 0 Å². The molecule has 1 aliphatic carbocycles. The molecule has 3 atom stereocenters. The molecule has 5 rings (SSSR count). The number of aliphatic hydroxyl groups is 2. The van der Waals surface area contributed by atoms with Crippen LogP contribution in [-0.2, 0) is 14.2 Å². The Labute approximate surface area is 213 Å². The molecule has 11 nitrogen and oxygen atoms in total. The Morgan fingerprint density at radius 1 is 1.27 bits per heavy atom. The predicted octanol–water partition coefficient (Wildman–Crippen LogP) is 2.41. The van der Waals surface area contributed by atoms with Gasteiger partial charge >= 0.3 is 6.09 Å². The predicted molar refractivity (Wildman–Crippen MR) is 132 cm³/mol. The van der Waals surface area contributed by atoms with Gasteiger partial charge in [0.15, 0.2) is 12.0 Å². The van der Waals surface area contributed by atoms with Crippen LogP contribution in [0.5, 0.6) is 5.88 Å². The summed E-state index contributed by atoms with van der Waals surface area (Å²) in [4.78, 5) is 22.5. The van der Waals surface area contributed by atoms with Crippen molar-refractivity contribution in [1.29, 1.82) is 0 Å². The van der Waals surface area contributed by atoms with Gasteiger partial charge in [0.2, 0.25) is 11.8 Å². The normalized spacial score (nSPS) is 20.8. The van der Waals surface area contributed by atoms with Crippen LogP contribution in [0, 0.1) is 0 Å². The molecule has 1 saturated heterocycles. The second kappa shape index (κ2) is 11.0. The third-order valence-electron chi connectivity index (χ3n) is 6.26. The van der Waals surface area contributed by atoms with Crippen LogP contribution in [-0.4, -0.2) is 70.1 Å².